The third kappa shape index (κ3) is 37.7. The van der Waals surface area contributed by atoms with Crippen molar-refractivity contribution in [1.29, 1.82) is 0 Å². The van der Waals surface area contributed by atoms with E-state index in [1.54, 1.807) is 0 Å². The van der Waals surface area contributed by atoms with E-state index in [9.17, 15) is 10.1 Å². The van der Waals surface area contributed by atoms with E-state index in [1.165, 1.54) is 0 Å². The Morgan fingerprint density at radius 2 is 1.22 bits per heavy atom. The van der Waals surface area contributed by atoms with E-state index >= 15 is 0 Å². The number of hydrogen-bond donors (Lipinski definition) is 3. The maximum Gasteiger partial charge on any atom is 2.00 e. The van der Waals surface area contributed by atoms with Gasteiger partial charge in [-0.1, -0.05) is 0 Å². The average Bonchev–Trinajstić information content (AvgIpc) is 2.13. The second-order valence-electron chi connectivity index (χ2n) is 1.52. The standard InChI is InChI=1S/CH6N6O2.Cu.2NO3/c2-1(5-3)6(4)7(8)9;;2*2-1(3)4/h3-4H2,(H2,2,5);;;/q;+2;2*-1. The van der Waals surface area contributed by atoms with Gasteiger partial charge in [-0.05, 0) is 0 Å². The van der Waals surface area contributed by atoms with Gasteiger partial charge in [-0.2, -0.15) is 5.84 Å². The molecule has 109 valence electrons. The van der Waals surface area contributed by atoms with Gasteiger partial charge < -0.3 is 42.2 Å². The number of hydrazone groups is 1. The Bertz CT molecular complexity index is 271. The Morgan fingerprint density at radius 1 is 1.00 bits per heavy atom. The molecule has 0 aliphatic heterocycles. The molecule has 0 aromatic heterocycles. The van der Waals surface area contributed by atoms with Gasteiger partial charge in [-0.15, -0.1) is 5.10 Å². The van der Waals surface area contributed by atoms with Gasteiger partial charge in [0.2, 0.25) is 0 Å². The fourth-order valence-corrected chi connectivity index (χ4v) is 0.143. The Kier molecular flexibility index (Phi) is 19.6. The average molecular weight is 322 g/mol. The van der Waals surface area contributed by atoms with Crippen molar-refractivity contribution in [1.82, 2.24) is 5.12 Å². The van der Waals surface area contributed by atoms with Crippen molar-refractivity contribution in [3.63, 3.8) is 0 Å². The van der Waals surface area contributed by atoms with E-state index in [-0.39, 0.29) is 22.2 Å². The van der Waals surface area contributed by atoms with E-state index in [1.807, 2.05) is 0 Å². The fraction of sp³-hybridized carbons (Fsp3) is 0. The van der Waals surface area contributed by atoms with Gasteiger partial charge in [0.25, 0.3) is 5.96 Å². The maximum absolute atomic E-state index is 9.69. The van der Waals surface area contributed by atoms with Gasteiger partial charge >= 0.3 is 17.1 Å². The third-order valence-corrected chi connectivity index (χ3v) is 0.543. The molecule has 0 unspecified atom stereocenters. The topological polar surface area (TPSA) is 269 Å². The zero-order valence-electron chi connectivity index (χ0n) is 8.04. The van der Waals surface area contributed by atoms with Crippen molar-refractivity contribution in [2.75, 3.05) is 0 Å². The first-order valence-electron chi connectivity index (χ1n) is 2.91. The fourth-order valence-electron chi connectivity index (χ4n) is 0.143. The molecule has 0 atom stereocenters. The molecule has 17 heteroatoms. The summed E-state index contributed by atoms with van der Waals surface area (Å²) in [6.45, 7) is 0. The van der Waals surface area contributed by atoms with Crippen LogP contribution in [0.15, 0.2) is 5.10 Å². The quantitative estimate of drug-likeness (QED) is 0.109. The summed E-state index contributed by atoms with van der Waals surface area (Å²) in [7, 11) is 0. The molecule has 18 heavy (non-hydrogen) atoms. The summed E-state index contributed by atoms with van der Waals surface area (Å²) in [5.41, 5.74) is 4.80. The summed E-state index contributed by atoms with van der Waals surface area (Å²) < 4.78 is 0. The molecule has 0 saturated heterocycles. The maximum atomic E-state index is 9.69. The number of nitrogens with zero attached hydrogens (tertiary/aromatic N) is 5. The summed E-state index contributed by atoms with van der Waals surface area (Å²) in [5.74, 6) is 8.66. The van der Waals surface area contributed by atoms with Crippen molar-refractivity contribution in [3.05, 3.63) is 40.8 Å². The Balaban J connectivity index is -0.0000000922. The van der Waals surface area contributed by atoms with Crippen molar-refractivity contribution in [2.45, 2.75) is 0 Å². The van der Waals surface area contributed by atoms with E-state index < -0.39 is 21.2 Å². The van der Waals surface area contributed by atoms with Crippen LogP contribution in [-0.2, 0) is 17.1 Å². The SMILES string of the molecule is NN=C(N)N(N)[N+](=O)[O-].O=[N+]([O-])[O-].O=[N+]([O-])[O-].[Cu+2]. The minimum atomic E-state index is -1.75. The monoisotopic (exact) mass is 321 g/mol. The molecule has 6 N–H and O–H groups in total. The minimum absolute atomic E-state index is 0. The molecule has 0 saturated carbocycles. The molecule has 0 bridgehead atoms. The second-order valence-corrected chi connectivity index (χ2v) is 1.52. The summed E-state index contributed by atoms with van der Waals surface area (Å²) in [6.07, 6.45) is 0. The van der Waals surface area contributed by atoms with Crippen molar-refractivity contribution < 1.29 is 32.3 Å². The molecule has 0 aromatic rings. The molecule has 0 rings (SSSR count). The van der Waals surface area contributed by atoms with Crippen LogP contribution in [0.2, 0.25) is 0 Å². The molecule has 0 fully saturated rings. The smallest absolute Gasteiger partial charge is 0.362 e. The number of rotatable bonds is 1. The summed E-state index contributed by atoms with van der Waals surface area (Å²) in [5, 5.41) is 41.0. The van der Waals surface area contributed by atoms with Crippen molar-refractivity contribution in [2.24, 2.45) is 22.5 Å². The number of nitrogens with two attached hydrogens (primary N) is 3. The molecule has 0 aromatic carbocycles. The summed E-state index contributed by atoms with van der Waals surface area (Å²) >= 11 is 0. The van der Waals surface area contributed by atoms with Crippen LogP contribution in [-0.4, -0.2) is 26.3 Å². The van der Waals surface area contributed by atoms with E-state index in [0.717, 1.165) is 0 Å². The van der Waals surface area contributed by atoms with Crippen LogP contribution < -0.4 is 17.4 Å². The van der Waals surface area contributed by atoms with Crippen molar-refractivity contribution >= 4 is 5.96 Å². The van der Waals surface area contributed by atoms with Crippen LogP contribution >= 0.6 is 0 Å². The Morgan fingerprint density at radius 3 is 1.28 bits per heavy atom. The van der Waals surface area contributed by atoms with Gasteiger partial charge in [-0.25, -0.2) is 10.1 Å². The van der Waals surface area contributed by atoms with Crippen LogP contribution in [0.3, 0.4) is 0 Å². The first-order valence-corrected chi connectivity index (χ1v) is 2.91. The number of hydrogen-bond acceptors (Lipinski definition) is 11. The van der Waals surface area contributed by atoms with Crippen LogP contribution in [0.25, 0.3) is 0 Å². The second kappa shape index (κ2) is 14.3. The zero-order chi connectivity index (χ0) is 14.6. The molecule has 1 radical (unpaired) electrons. The molecule has 0 amide bonds. The van der Waals surface area contributed by atoms with Gasteiger partial charge in [0, 0.05) is 5.12 Å². The zero-order valence-corrected chi connectivity index (χ0v) is 8.98. The number of nitro groups is 1. The summed E-state index contributed by atoms with van der Waals surface area (Å²) in [4.78, 5) is 26.2. The van der Waals surface area contributed by atoms with E-state index in [2.05, 4.69) is 16.8 Å². The third-order valence-electron chi connectivity index (χ3n) is 0.543. The number of hydrazine groups is 2. The minimum Gasteiger partial charge on any atom is -0.362 e. The van der Waals surface area contributed by atoms with E-state index in [4.69, 9.17) is 36.4 Å². The molecule has 0 aliphatic rings. The predicted octanol–water partition coefficient (Wildman–Crippen LogP) is -2.94. The largest absolute Gasteiger partial charge is 2.00 e. The van der Waals surface area contributed by atoms with Crippen LogP contribution in [0.1, 0.15) is 0 Å². The Hall–Kier alpha value is -2.65. The molecule has 0 spiro atoms. The van der Waals surface area contributed by atoms with Gasteiger partial charge in [0.05, 0.1) is 10.2 Å². The molecular formula is CH6CuN8O8. The molecule has 16 nitrogen and oxygen atoms in total. The van der Waals surface area contributed by atoms with Crippen LogP contribution in [0.5, 0.6) is 0 Å². The number of guanidine groups is 1. The van der Waals surface area contributed by atoms with Gasteiger partial charge in [0.1, 0.15) is 0 Å². The van der Waals surface area contributed by atoms with Gasteiger partial charge in [-0.3, -0.25) is 0 Å². The molecular weight excluding hydrogens is 316 g/mol. The normalized spacial score (nSPS) is 8.17. The first-order chi connectivity index (χ1) is 7.56. The first kappa shape index (κ1) is 24.5. The van der Waals surface area contributed by atoms with Crippen LogP contribution in [0, 0.1) is 40.8 Å². The predicted molar refractivity (Wildman–Crippen MR) is 49.6 cm³/mol. The molecule has 0 aliphatic carbocycles. The van der Waals surface area contributed by atoms with Crippen LogP contribution in [0.4, 0.5) is 0 Å². The van der Waals surface area contributed by atoms with E-state index in [0.29, 0.717) is 0 Å². The van der Waals surface area contributed by atoms with Crippen molar-refractivity contribution in [3.8, 4) is 0 Å². The summed E-state index contributed by atoms with van der Waals surface area (Å²) in [6, 6.07) is 0. The molecule has 0 heterocycles. The van der Waals surface area contributed by atoms with Gasteiger partial charge in [0.15, 0.2) is 5.03 Å². The Labute approximate surface area is 107 Å².